The molecule has 25 heavy (non-hydrogen) atoms. The van der Waals surface area contributed by atoms with Gasteiger partial charge < -0.3 is 35.4 Å². The van der Waals surface area contributed by atoms with Gasteiger partial charge in [0.1, 0.15) is 18.3 Å². The number of carbonyl (C=O) groups excluding carboxylic acids is 2. The average molecular weight is 365 g/mol. The Labute approximate surface area is 143 Å². The number of aliphatic hydroxyl groups is 5. The van der Waals surface area contributed by atoms with E-state index >= 15 is 0 Å². The van der Waals surface area contributed by atoms with Gasteiger partial charge in [-0.2, -0.15) is 0 Å². The molecule has 1 saturated heterocycles. The maximum absolute atomic E-state index is 12.1. The third kappa shape index (κ3) is 4.32. The van der Waals surface area contributed by atoms with Gasteiger partial charge in [0.15, 0.2) is 0 Å². The Morgan fingerprint density at radius 3 is 2.28 bits per heavy atom. The summed E-state index contributed by atoms with van der Waals surface area (Å²) in [6, 6.07) is -1.57. The van der Waals surface area contributed by atoms with E-state index in [9.17, 15) is 34.8 Å². The van der Waals surface area contributed by atoms with Gasteiger partial charge in [-0.1, -0.05) is 6.92 Å². The highest BCUT2D eigenvalue weighted by atomic mass is 16.7. The van der Waals surface area contributed by atoms with E-state index in [2.05, 4.69) is 0 Å². The summed E-state index contributed by atoms with van der Waals surface area (Å²) in [7, 11) is 0. The zero-order valence-corrected chi connectivity index (χ0v) is 13.8. The second-order valence-corrected chi connectivity index (χ2v) is 5.81. The Hall–Kier alpha value is -1.63. The number of carboxylic acid groups (broad SMARTS) is 1. The van der Waals surface area contributed by atoms with Crippen molar-refractivity contribution in [2.24, 2.45) is 0 Å². The van der Waals surface area contributed by atoms with Crippen molar-refractivity contribution in [1.82, 2.24) is 4.90 Å². The maximum atomic E-state index is 12.1. The number of hydrogen-bond donors (Lipinski definition) is 6. The molecule has 2 amide bonds. The third-order valence-electron chi connectivity index (χ3n) is 4.01. The number of aliphatic carboxylic acids is 1. The Morgan fingerprint density at radius 2 is 1.88 bits per heavy atom. The van der Waals surface area contributed by atoms with Gasteiger partial charge in [-0.3, -0.25) is 14.5 Å². The SMILES string of the molecule is CCC(=O)N(C(C)=O)[C@@H]1[C@@H](O)C[C@](O)(C(=O)O)O[C@H]1C(O)[C@H](O)CO. The standard InChI is InChI=1S/C14H23NO10/c1-3-9(20)15(6(2)17)10-7(18)4-14(24,13(22)23)25-12(10)11(21)8(19)5-16/h7-8,10-12,16,18-19,21,24H,3-5H2,1-2H3,(H,22,23)/t7-,8+,10+,11?,12+,14+/m0/s1. The fourth-order valence-electron chi connectivity index (χ4n) is 2.74. The minimum absolute atomic E-state index is 0.142. The Balaban J connectivity index is 3.37. The van der Waals surface area contributed by atoms with Crippen LogP contribution in [-0.4, -0.2) is 96.2 Å². The largest absolute Gasteiger partial charge is 0.477 e. The molecule has 0 radical (unpaired) electrons. The van der Waals surface area contributed by atoms with E-state index in [1.54, 1.807) is 0 Å². The van der Waals surface area contributed by atoms with Gasteiger partial charge in [-0.25, -0.2) is 4.79 Å². The molecule has 11 heteroatoms. The predicted molar refractivity (Wildman–Crippen MR) is 78.8 cm³/mol. The normalized spacial score (nSPS) is 31.9. The molecule has 1 heterocycles. The van der Waals surface area contributed by atoms with Crippen molar-refractivity contribution < 1.29 is 49.8 Å². The summed E-state index contributed by atoms with van der Waals surface area (Å²) >= 11 is 0. The molecule has 0 aromatic heterocycles. The van der Waals surface area contributed by atoms with Crippen LogP contribution in [0.4, 0.5) is 0 Å². The molecule has 1 aliphatic rings. The topological polar surface area (TPSA) is 185 Å². The van der Waals surface area contributed by atoms with Crippen LogP contribution in [0.5, 0.6) is 0 Å². The lowest BCUT2D eigenvalue weighted by Crippen LogP contribution is -2.68. The van der Waals surface area contributed by atoms with Gasteiger partial charge in [0.25, 0.3) is 5.79 Å². The maximum Gasteiger partial charge on any atom is 0.364 e. The van der Waals surface area contributed by atoms with Crippen molar-refractivity contribution in [3.8, 4) is 0 Å². The molecular weight excluding hydrogens is 342 g/mol. The van der Waals surface area contributed by atoms with Gasteiger partial charge in [-0.05, 0) is 0 Å². The monoisotopic (exact) mass is 365 g/mol. The fourth-order valence-corrected chi connectivity index (χ4v) is 2.74. The minimum Gasteiger partial charge on any atom is -0.477 e. The van der Waals surface area contributed by atoms with Crippen LogP contribution in [0.1, 0.15) is 26.7 Å². The smallest absolute Gasteiger partial charge is 0.364 e. The van der Waals surface area contributed by atoms with Gasteiger partial charge in [-0.15, -0.1) is 0 Å². The Morgan fingerprint density at radius 1 is 1.32 bits per heavy atom. The zero-order chi connectivity index (χ0) is 19.5. The predicted octanol–water partition coefficient (Wildman–Crippen LogP) is -3.22. The number of aliphatic hydroxyl groups excluding tert-OH is 4. The first-order valence-corrected chi connectivity index (χ1v) is 7.61. The van der Waals surface area contributed by atoms with E-state index < -0.39 is 67.1 Å². The molecule has 1 rings (SSSR count). The highest BCUT2D eigenvalue weighted by Crippen LogP contribution is 2.33. The van der Waals surface area contributed by atoms with Crippen molar-refractivity contribution in [2.45, 2.75) is 62.9 Å². The van der Waals surface area contributed by atoms with Crippen molar-refractivity contribution >= 4 is 17.8 Å². The van der Waals surface area contributed by atoms with E-state index in [0.717, 1.165) is 6.92 Å². The van der Waals surface area contributed by atoms with Crippen molar-refractivity contribution in [3.63, 3.8) is 0 Å². The number of ether oxygens (including phenoxy) is 1. The zero-order valence-electron chi connectivity index (χ0n) is 13.8. The molecule has 1 aliphatic heterocycles. The second kappa shape index (κ2) is 8.17. The number of nitrogens with zero attached hydrogens (tertiary/aromatic N) is 1. The van der Waals surface area contributed by atoms with Crippen molar-refractivity contribution in [3.05, 3.63) is 0 Å². The molecule has 0 aromatic carbocycles. The molecule has 144 valence electrons. The van der Waals surface area contributed by atoms with Gasteiger partial charge in [0, 0.05) is 19.8 Å². The molecule has 1 fully saturated rings. The summed E-state index contributed by atoms with van der Waals surface area (Å²) in [6.45, 7) is 1.51. The molecule has 0 bridgehead atoms. The summed E-state index contributed by atoms with van der Waals surface area (Å²) < 4.78 is 4.96. The van der Waals surface area contributed by atoms with E-state index in [-0.39, 0.29) is 6.42 Å². The van der Waals surface area contributed by atoms with Crippen LogP contribution in [0.2, 0.25) is 0 Å². The summed E-state index contributed by atoms with van der Waals surface area (Å²) in [5.74, 6) is -6.32. The highest BCUT2D eigenvalue weighted by molar-refractivity contribution is 5.94. The van der Waals surface area contributed by atoms with Crippen LogP contribution >= 0.6 is 0 Å². The molecule has 0 saturated carbocycles. The summed E-state index contributed by atoms with van der Waals surface area (Å²) in [5.41, 5.74) is 0. The van der Waals surface area contributed by atoms with Crippen LogP contribution < -0.4 is 0 Å². The van der Waals surface area contributed by atoms with E-state index in [0.29, 0.717) is 4.90 Å². The van der Waals surface area contributed by atoms with Crippen LogP contribution in [0.25, 0.3) is 0 Å². The summed E-state index contributed by atoms with van der Waals surface area (Å²) in [6.07, 6.45) is -8.47. The lowest BCUT2D eigenvalue weighted by molar-refractivity contribution is -0.302. The first-order chi connectivity index (χ1) is 11.5. The van der Waals surface area contributed by atoms with Crippen LogP contribution in [0.15, 0.2) is 0 Å². The number of imide groups is 1. The molecule has 11 nitrogen and oxygen atoms in total. The number of hydrogen-bond acceptors (Lipinski definition) is 9. The van der Waals surface area contributed by atoms with Crippen LogP contribution in [0, 0.1) is 0 Å². The summed E-state index contributed by atoms with van der Waals surface area (Å²) in [4.78, 5) is 35.7. The lowest BCUT2D eigenvalue weighted by atomic mass is 9.87. The first-order valence-electron chi connectivity index (χ1n) is 7.61. The number of rotatable bonds is 6. The first kappa shape index (κ1) is 21.4. The van der Waals surface area contributed by atoms with Crippen LogP contribution in [0.3, 0.4) is 0 Å². The highest BCUT2D eigenvalue weighted by Gasteiger charge is 2.56. The summed E-state index contributed by atoms with van der Waals surface area (Å²) in [5, 5.41) is 58.1. The Kier molecular flexibility index (Phi) is 6.99. The molecule has 0 spiro atoms. The average Bonchev–Trinajstić information content (AvgIpc) is 2.54. The van der Waals surface area contributed by atoms with Gasteiger partial charge in [0.2, 0.25) is 11.8 Å². The molecule has 6 N–H and O–H groups in total. The number of carbonyl (C=O) groups is 3. The van der Waals surface area contributed by atoms with E-state index in [1.807, 2.05) is 0 Å². The van der Waals surface area contributed by atoms with E-state index in [4.69, 9.17) is 14.9 Å². The molecule has 0 aliphatic carbocycles. The van der Waals surface area contributed by atoms with E-state index in [1.165, 1.54) is 6.92 Å². The number of carboxylic acids is 1. The van der Waals surface area contributed by atoms with Gasteiger partial charge in [0.05, 0.1) is 18.8 Å². The minimum atomic E-state index is -2.91. The Bertz CT molecular complexity index is 526. The second-order valence-electron chi connectivity index (χ2n) is 5.81. The molecular formula is C14H23NO10. The molecule has 1 unspecified atom stereocenters. The van der Waals surface area contributed by atoms with Crippen LogP contribution in [-0.2, 0) is 19.1 Å². The number of amides is 2. The quantitative estimate of drug-likeness (QED) is 0.280. The van der Waals surface area contributed by atoms with Crippen molar-refractivity contribution in [2.75, 3.05) is 6.61 Å². The molecule has 0 aromatic rings. The fraction of sp³-hybridized carbons (Fsp3) is 0.786. The van der Waals surface area contributed by atoms with Crippen molar-refractivity contribution in [1.29, 1.82) is 0 Å². The molecule has 6 atom stereocenters. The third-order valence-corrected chi connectivity index (χ3v) is 4.01. The lowest BCUT2D eigenvalue weighted by Gasteiger charge is -2.47. The van der Waals surface area contributed by atoms with Gasteiger partial charge >= 0.3 is 5.97 Å².